The first-order chi connectivity index (χ1) is 10.8. The summed E-state index contributed by atoms with van der Waals surface area (Å²) < 4.78 is 11.6. The van der Waals surface area contributed by atoms with Crippen molar-refractivity contribution in [3.05, 3.63) is 0 Å². The smallest absolute Gasteiger partial charge is 0.165 e. The lowest BCUT2D eigenvalue weighted by Crippen LogP contribution is -2.52. The van der Waals surface area contributed by atoms with Gasteiger partial charge >= 0.3 is 0 Å². The molecule has 0 aromatic rings. The number of hydrogen-bond donors (Lipinski definition) is 0. The minimum atomic E-state index is -0.430. The molecule has 0 aromatic heterocycles. The van der Waals surface area contributed by atoms with E-state index in [4.69, 9.17) is 9.47 Å². The third-order valence-electron chi connectivity index (χ3n) is 7.41. The van der Waals surface area contributed by atoms with Crippen molar-refractivity contribution < 1.29 is 14.3 Å². The van der Waals surface area contributed by atoms with Crippen LogP contribution in [0, 0.1) is 28.6 Å². The fraction of sp³-hybridized carbons (Fsp3) is 0.950. The lowest BCUT2D eigenvalue weighted by atomic mass is 9.46. The monoisotopic (exact) mass is 322 g/mol. The van der Waals surface area contributed by atoms with Gasteiger partial charge < -0.3 is 14.3 Å². The molecule has 23 heavy (non-hydrogen) atoms. The Morgan fingerprint density at radius 2 is 1.74 bits per heavy atom. The molecule has 0 N–H and O–H groups in total. The molecule has 3 rings (SSSR count). The van der Waals surface area contributed by atoms with Gasteiger partial charge in [-0.15, -0.1) is 0 Å². The highest BCUT2D eigenvalue weighted by Gasteiger charge is 2.54. The second-order valence-corrected chi connectivity index (χ2v) is 9.25. The largest absolute Gasteiger partial charge is 0.348 e. The average Bonchev–Trinajstić information content (AvgIpc) is 2.91. The number of ether oxygens (including phenoxy) is 2. The lowest BCUT2D eigenvalue weighted by Gasteiger charge is -2.59. The van der Waals surface area contributed by atoms with Crippen molar-refractivity contribution in [3.63, 3.8) is 0 Å². The zero-order chi connectivity index (χ0) is 16.7. The predicted molar refractivity (Wildman–Crippen MR) is 91.1 cm³/mol. The first kappa shape index (κ1) is 17.4. The Morgan fingerprint density at radius 1 is 1.04 bits per heavy atom. The van der Waals surface area contributed by atoms with Crippen LogP contribution in [0.3, 0.4) is 0 Å². The summed E-state index contributed by atoms with van der Waals surface area (Å²) in [5, 5.41) is 0. The van der Waals surface area contributed by atoms with Crippen molar-refractivity contribution in [2.75, 3.05) is 13.2 Å². The molecule has 0 bridgehead atoms. The second-order valence-electron chi connectivity index (χ2n) is 9.25. The number of rotatable bonds is 4. The van der Waals surface area contributed by atoms with Gasteiger partial charge in [0.2, 0.25) is 0 Å². The van der Waals surface area contributed by atoms with E-state index in [1.54, 1.807) is 0 Å². The van der Waals surface area contributed by atoms with Gasteiger partial charge in [-0.25, -0.2) is 0 Å². The molecule has 0 radical (unpaired) electrons. The molecule has 3 nitrogen and oxygen atoms in total. The van der Waals surface area contributed by atoms with Crippen molar-refractivity contribution >= 4 is 6.29 Å². The molecule has 0 unspecified atom stereocenters. The standard InChI is InChI=1S/C20H34O3/c1-18(2)9-5-10-19(3)16(15(14-21)6-7-17(18)19)8-11-20(4)22-12-13-23-20/h14-17H,5-13H2,1-4H3/t15-,16+,17+,19-/m1/s1. The molecule has 3 heteroatoms. The molecule has 1 aliphatic heterocycles. The van der Waals surface area contributed by atoms with Crippen molar-refractivity contribution in [2.24, 2.45) is 28.6 Å². The summed E-state index contributed by atoms with van der Waals surface area (Å²) in [6.45, 7) is 10.8. The second kappa shape index (κ2) is 6.15. The van der Waals surface area contributed by atoms with Gasteiger partial charge in [0.1, 0.15) is 6.29 Å². The normalized spacial score (nSPS) is 42.2. The van der Waals surface area contributed by atoms with Crippen LogP contribution in [0.25, 0.3) is 0 Å². The maximum absolute atomic E-state index is 11.8. The average molecular weight is 322 g/mol. The Kier molecular flexibility index (Phi) is 4.65. The van der Waals surface area contributed by atoms with Crippen molar-refractivity contribution in [2.45, 2.75) is 78.4 Å². The summed E-state index contributed by atoms with van der Waals surface area (Å²) >= 11 is 0. The van der Waals surface area contributed by atoms with Crippen molar-refractivity contribution in [3.8, 4) is 0 Å². The van der Waals surface area contributed by atoms with E-state index in [2.05, 4.69) is 27.7 Å². The third kappa shape index (κ3) is 3.11. The molecule has 0 aromatic carbocycles. The molecule has 0 amide bonds. The van der Waals surface area contributed by atoms with Crippen LogP contribution in [0.4, 0.5) is 0 Å². The summed E-state index contributed by atoms with van der Waals surface area (Å²) in [6, 6.07) is 0. The molecule has 1 heterocycles. The highest BCUT2D eigenvalue weighted by molar-refractivity contribution is 5.54. The van der Waals surface area contributed by atoms with Gasteiger partial charge in [0.15, 0.2) is 5.79 Å². The first-order valence-electron chi connectivity index (χ1n) is 9.54. The molecule has 0 spiro atoms. The van der Waals surface area contributed by atoms with Crippen LogP contribution < -0.4 is 0 Å². The first-order valence-corrected chi connectivity index (χ1v) is 9.54. The Hall–Kier alpha value is -0.410. The van der Waals surface area contributed by atoms with Gasteiger partial charge in [-0.1, -0.05) is 27.2 Å². The number of hydrogen-bond acceptors (Lipinski definition) is 3. The quantitative estimate of drug-likeness (QED) is 0.710. The summed E-state index contributed by atoms with van der Waals surface area (Å²) in [5.41, 5.74) is 0.698. The van der Waals surface area contributed by atoms with Crippen LogP contribution in [0.1, 0.15) is 72.6 Å². The molecule has 132 valence electrons. The molecule has 3 aliphatic rings. The van der Waals surface area contributed by atoms with Crippen LogP contribution in [-0.2, 0) is 14.3 Å². The molecular formula is C20H34O3. The fourth-order valence-electron chi connectivity index (χ4n) is 6.21. The number of aldehydes is 1. The van der Waals surface area contributed by atoms with Gasteiger partial charge in [-0.3, -0.25) is 0 Å². The fourth-order valence-corrected chi connectivity index (χ4v) is 6.21. The SMILES string of the molecule is CC1(CC[C@H]2[C@@H](C=O)CC[C@H]3C(C)(C)CCC[C@]23C)OCCO1. The highest BCUT2D eigenvalue weighted by Crippen LogP contribution is 2.62. The van der Waals surface area contributed by atoms with Gasteiger partial charge in [0, 0.05) is 12.3 Å². The van der Waals surface area contributed by atoms with E-state index in [1.165, 1.54) is 32.0 Å². The highest BCUT2D eigenvalue weighted by atomic mass is 16.7. The molecule has 3 fully saturated rings. The van der Waals surface area contributed by atoms with Crippen molar-refractivity contribution in [1.82, 2.24) is 0 Å². The minimum Gasteiger partial charge on any atom is -0.348 e. The van der Waals surface area contributed by atoms with E-state index in [9.17, 15) is 4.79 Å². The topological polar surface area (TPSA) is 35.5 Å². The Balaban J connectivity index is 1.80. The third-order valence-corrected chi connectivity index (χ3v) is 7.41. The number of carbonyl (C=O) groups is 1. The zero-order valence-corrected chi connectivity index (χ0v) is 15.4. The Morgan fingerprint density at radius 3 is 2.39 bits per heavy atom. The maximum Gasteiger partial charge on any atom is 0.165 e. The zero-order valence-electron chi connectivity index (χ0n) is 15.4. The van der Waals surface area contributed by atoms with Crippen LogP contribution in [-0.4, -0.2) is 25.3 Å². The van der Waals surface area contributed by atoms with Crippen LogP contribution in [0.2, 0.25) is 0 Å². The Labute approximate surface area is 141 Å². The van der Waals surface area contributed by atoms with Crippen molar-refractivity contribution in [1.29, 1.82) is 0 Å². The molecule has 1 saturated heterocycles. The molecule has 2 saturated carbocycles. The summed E-state index contributed by atoms with van der Waals surface area (Å²) in [7, 11) is 0. The van der Waals surface area contributed by atoms with Gasteiger partial charge in [-0.2, -0.15) is 0 Å². The maximum atomic E-state index is 11.8. The molecule has 2 aliphatic carbocycles. The van der Waals surface area contributed by atoms with Crippen LogP contribution in [0.15, 0.2) is 0 Å². The van der Waals surface area contributed by atoms with Crippen LogP contribution >= 0.6 is 0 Å². The lowest BCUT2D eigenvalue weighted by molar-refractivity contribution is -0.162. The van der Waals surface area contributed by atoms with Gasteiger partial charge in [0.05, 0.1) is 13.2 Å². The predicted octanol–water partition coefficient (Wildman–Crippen LogP) is 4.59. The van der Waals surface area contributed by atoms with Crippen LogP contribution in [0.5, 0.6) is 0 Å². The number of carbonyl (C=O) groups excluding carboxylic acids is 1. The van der Waals surface area contributed by atoms with E-state index < -0.39 is 5.79 Å². The molecular weight excluding hydrogens is 288 g/mol. The van der Waals surface area contributed by atoms with E-state index in [1.807, 2.05) is 0 Å². The molecule has 4 atom stereocenters. The Bertz CT molecular complexity index is 438. The summed E-state index contributed by atoms with van der Waals surface area (Å²) in [6.07, 6.45) is 9.38. The minimum absolute atomic E-state index is 0.218. The van der Waals surface area contributed by atoms with E-state index in [-0.39, 0.29) is 5.92 Å². The summed E-state index contributed by atoms with van der Waals surface area (Å²) in [4.78, 5) is 11.8. The van der Waals surface area contributed by atoms with E-state index >= 15 is 0 Å². The van der Waals surface area contributed by atoms with Gasteiger partial charge in [0.25, 0.3) is 0 Å². The van der Waals surface area contributed by atoms with Gasteiger partial charge in [-0.05, 0) is 61.7 Å². The number of fused-ring (bicyclic) bond motifs is 1. The summed E-state index contributed by atoms with van der Waals surface area (Å²) in [5.74, 6) is 1.00. The van der Waals surface area contributed by atoms with E-state index in [0.717, 1.165) is 25.2 Å². The van der Waals surface area contributed by atoms with E-state index in [0.29, 0.717) is 30.0 Å².